The number of anilines is 2. The summed E-state index contributed by atoms with van der Waals surface area (Å²) in [5.41, 5.74) is 12.5. The van der Waals surface area contributed by atoms with Crippen molar-refractivity contribution < 1.29 is 9.90 Å². The van der Waals surface area contributed by atoms with E-state index >= 15 is 0 Å². The van der Waals surface area contributed by atoms with E-state index in [9.17, 15) is 9.90 Å². The van der Waals surface area contributed by atoms with Crippen molar-refractivity contribution in [1.29, 1.82) is 0 Å². The monoisotopic (exact) mass is 298 g/mol. The van der Waals surface area contributed by atoms with E-state index in [4.69, 9.17) is 5.73 Å². The summed E-state index contributed by atoms with van der Waals surface area (Å²) in [6.45, 7) is 10.2. The minimum Gasteiger partial charge on any atom is -0.505 e. The quantitative estimate of drug-likeness (QED) is 0.583. The largest absolute Gasteiger partial charge is 0.505 e. The number of aromatic hydroxyl groups is 1. The van der Waals surface area contributed by atoms with Crippen molar-refractivity contribution in [3.8, 4) is 5.75 Å². The Morgan fingerprint density at radius 2 is 1.45 bits per heavy atom. The molecule has 116 valence electrons. The van der Waals surface area contributed by atoms with Crippen LogP contribution in [0.4, 0.5) is 11.4 Å². The SMILES string of the molecule is Cc1c(C)c(C)c(NC(=O)c2cccc(N)c2O)c(C)c1C. The third-order valence-corrected chi connectivity index (χ3v) is 4.55. The van der Waals surface area contributed by atoms with Crippen LogP contribution in [0.25, 0.3) is 0 Å². The molecule has 2 aromatic carbocycles. The number of carbonyl (C=O) groups is 1. The first kappa shape index (κ1) is 15.9. The molecule has 4 nitrogen and oxygen atoms in total. The van der Waals surface area contributed by atoms with Crippen molar-refractivity contribution in [3.05, 3.63) is 51.6 Å². The molecule has 4 heteroatoms. The van der Waals surface area contributed by atoms with Crippen molar-refractivity contribution in [2.24, 2.45) is 0 Å². The predicted octanol–water partition coefficient (Wildman–Crippen LogP) is 3.77. The Morgan fingerprint density at radius 1 is 0.955 bits per heavy atom. The molecule has 0 saturated carbocycles. The molecule has 0 aromatic heterocycles. The molecule has 1 amide bonds. The molecule has 2 rings (SSSR count). The normalized spacial score (nSPS) is 10.6. The standard InChI is InChI=1S/C18H22N2O2/c1-9-10(2)12(4)16(13(5)11(9)3)20-18(22)14-7-6-8-15(19)17(14)21/h6-8,21H,19H2,1-5H3,(H,20,22). The van der Waals surface area contributed by atoms with Crippen molar-refractivity contribution >= 4 is 17.3 Å². The van der Waals surface area contributed by atoms with Crippen LogP contribution in [0.15, 0.2) is 18.2 Å². The number of rotatable bonds is 2. The van der Waals surface area contributed by atoms with E-state index in [1.807, 2.05) is 27.7 Å². The lowest BCUT2D eigenvalue weighted by molar-refractivity contribution is 0.102. The second kappa shape index (κ2) is 5.72. The Kier molecular flexibility index (Phi) is 4.13. The zero-order valence-corrected chi connectivity index (χ0v) is 13.7. The lowest BCUT2D eigenvalue weighted by Gasteiger charge is -2.19. The number of nitrogens with two attached hydrogens (primary N) is 1. The van der Waals surface area contributed by atoms with Gasteiger partial charge in [-0.2, -0.15) is 0 Å². The average Bonchev–Trinajstić information content (AvgIpc) is 2.50. The van der Waals surface area contributed by atoms with Crippen molar-refractivity contribution in [3.63, 3.8) is 0 Å². The Morgan fingerprint density at radius 3 is 2.00 bits per heavy atom. The molecule has 22 heavy (non-hydrogen) atoms. The zero-order valence-electron chi connectivity index (χ0n) is 13.7. The van der Waals surface area contributed by atoms with Crippen LogP contribution in [0, 0.1) is 34.6 Å². The van der Waals surface area contributed by atoms with Gasteiger partial charge in [-0.05, 0) is 74.6 Å². The number of para-hydroxylation sites is 1. The zero-order chi connectivity index (χ0) is 16.6. The maximum absolute atomic E-state index is 12.5. The van der Waals surface area contributed by atoms with E-state index < -0.39 is 0 Å². The maximum Gasteiger partial charge on any atom is 0.259 e. The molecule has 0 fully saturated rings. The highest BCUT2D eigenvalue weighted by molar-refractivity contribution is 6.08. The fourth-order valence-electron chi connectivity index (χ4n) is 2.61. The summed E-state index contributed by atoms with van der Waals surface area (Å²) in [4.78, 5) is 12.5. The Balaban J connectivity index is 2.48. The number of amides is 1. The van der Waals surface area contributed by atoms with Crippen molar-refractivity contribution in [1.82, 2.24) is 0 Å². The lowest BCUT2D eigenvalue weighted by Crippen LogP contribution is -2.16. The second-order valence-corrected chi connectivity index (χ2v) is 5.70. The highest BCUT2D eigenvalue weighted by Gasteiger charge is 2.17. The molecule has 0 radical (unpaired) electrons. The number of phenols is 1. The number of benzene rings is 2. The van der Waals surface area contributed by atoms with Gasteiger partial charge in [-0.25, -0.2) is 0 Å². The number of hydrogen-bond acceptors (Lipinski definition) is 3. The summed E-state index contributed by atoms with van der Waals surface area (Å²) in [7, 11) is 0. The summed E-state index contributed by atoms with van der Waals surface area (Å²) in [6, 6.07) is 4.76. The second-order valence-electron chi connectivity index (χ2n) is 5.70. The van der Waals surface area contributed by atoms with Crippen LogP contribution < -0.4 is 11.1 Å². The van der Waals surface area contributed by atoms with Gasteiger partial charge >= 0.3 is 0 Å². The molecular weight excluding hydrogens is 276 g/mol. The van der Waals surface area contributed by atoms with Gasteiger partial charge in [-0.15, -0.1) is 0 Å². The van der Waals surface area contributed by atoms with Gasteiger partial charge in [-0.1, -0.05) is 6.07 Å². The minimum absolute atomic E-state index is 0.176. The number of carbonyl (C=O) groups excluding carboxylic acids is 1. The molecule has 0 aliphatic rings. The van der Waals surface area contributed by atoms with Gasteiger partial charge in [0.1, 0.15) is 0 Å². The Hall–Kier alpha value is -2.49. The van der Waals surface area contributed by atoms with Crippen LogP contribution in [0.5, 0.6) is 5.75 Å². The molecule has 0 unspecified atom stereocenters. The van der Waals surface area contributed by atoms with Gasteiger partial charge in [0.05, 0.1) is 11.3 Å². The molecule has 0 spiro atoms. The fourth-order valence-corrected chi connectivity index (χ4v) is 2.61. The van der Waals surface area contributed by atoms with E-state index in [0.29, 0.717) is 0 Å². The van der Waals surface area contributed by atoms with E-state index in [-0.39, 0.29) is 22.9 Å². The van der Waals surface area contributed by atoms with Crippen LogP contribution >= 0.6 is 0 Å². The van der Waals surface area contributed by atoms with Crippen LogP contribution in [-0.4, -0.2) is 11.0 Å². The molecule has 0 atom stereocenters. The molecule has 0 aliphatic carbocycles. The van der Waals surface area contributed by atoms with Crippen LogP contribution in [0.3, 0.4) is 0 Å². The third-order valence-electron chi connectivity index (χ3n) is 4.55. The van der Waals surface area contributed by atoms with Gasteiger partial charge in [0.2, 0.25) is 0 Å². The number of nitrogen functional groups attached to an aromatic ring is 1. The summed E-state index contributed by atoms with van der Waals surface area (Å²) in [5.74, 6) is -0.547. The highest BCUT2D eigenvalue weighted by atomic mass is 16.3. The van der Waals surface area contributed by atoms with Crippen LogP contribution in [0.1, 0.15) is 38.2 Å². The smallest absolute Gasteiger partial charge is 0.259 e. The number of nitrogens with one attached hydrogen (secondary N) is 1. The van der Waals surface area contributed by atoms with Crippen molar-refractivity contribution in [2.45, 2.75) is 34.6 Å². The average molecular weight is 298 g/mol. The third kappa shape index (κ3) is 2.52. The number of hydrogen-bond donors (Lipinski definition) is 3. The van der Waals surface area contributed by atoms with Gasteiger partial charge in [0, 0.05) is 5.69 Å². The molecule has 0 bridgehead atoms. The van der Waals surface area contributed by atoms with E-state index in [2.05, 4.69) is 12.2 Å². The minimum atomic E-state index is -0.362. The molecule has 0 heterocycles. The lowest BCUT2D eigenvalue weighted by atomic mass is 9.93. The molecule has 0 aliphatic heterocycles. The first-order chi connectivity index (χ1) is 10.3. The Bertz CT molecular complexity index is 735. The van der Waals surface area contributed by atoms with Crippen molar-refractivity contribution in [2.75, 3.05) is 11.1 Å². The number of phenolic OH excluding ortho intramolecular Hbond substituents is 1. The first-order valence-electron chi connectivity index (χ1n) is 7.21. The van der Waals surface area contributed by atoms with Gasteiger partial charge in [0.15, 0.2) is 5.75 Å². The van der Waals surface area contributed by atoms with Gasteiger partial charge in [0.25, 0.3) is 5.91 Å². The van der Waals surface area contributed by atoms with E-state index in [0.717, 1.165) is 27.9 Å². The maximum atomic E-state index is 12.5. The predicted molar refractivity (Wildman–Crippen MR) is 90.6 cm³/mol. The summed E-state index contributed by atoms with van der Waals surface area (Å²) in [5, 5.41) is 12.9. The topological polar surface area (TPSA) is 75.4 Å². The first-order valence-corrected chi connectivity index (χ1v) is 7.21. The van der Waals surface area contributed by atoms with Gasteiger partial charge < -0.3 is 16.2 Å². The van der Waals surface area contributed by atoms with E-state index in [1.165, 1.54) is 5.56 Å². The molecular formula is C18H22N2O2. The highest BCUT2D eigenvalue weighted by Crippen LogP contribution is 2.31. The summed E-state index contributed by atoms with van der Waals surface area (Å²) < 4.78 is 0. The summed E-state index contributed by atoms with van der Waals surface area (Å²) >= 11 is 0. The molecule has 2 aromatic rings. The Labute approximate surface area is 131 Å². The van der Waals surface area contributed by atoms with Gasteiger partial charge in [-0.3, -0.25) is 4.79 Å². The van der Waals surface area contributed by atoms with E-state index in [1.54, 1.807) is 18.2 Å². The fraction of sp³-hybridized carbons (Fsp3) is 0.278. The van der Waals surface area contributed by atoms with Crippen LogP contribution in [-0.2, 0) is 0 Å². The summed E-state index contributed by atoms with van der Waals surface area (Å²) in [6.07, 6.45) is 0. The molecule has 4 N–H and O–H groups in total. The van der Waals surface area contributed by atoms with Crippen LogP contribution in [0.2, 0.25) is 0 Å². The molecule has 0 saturated heterocycles.